The highest BCUT2D eigenvalue weighted by Gasteiger charge is 2.21. The smallest absolute Gasteiger partial charge is 0.127 e. The van der Waals surface area contributed by atoms with Gasteiger partial charge in [0.05, 0.1) is 6.20 Å². The molecule has 4 heteroatoms. The van der Waals surface area contributed by atoms with Crippen LogP contribution in [0, 0.1) is 11.7 Å². The number of hydrogen-bond donors (Lipinski definition) is 1. The van der Waals surface area contributed by atoms with Gasteiger partial charge in [-0.25, -0.2) is 4.39 Å². The molecule has 1 aliphatic heterocycles. The van der Waals surface area contributed by atoms with Crippen LogP contribution in [0.1, 0.15) is 23.7 Å². The van der Waals surface area contributed by atoms with Crippen molar-refractivity contribution >= 4 is 0 Å². The summed E-state index contributed by atoms with van der Waals surface area (Å²) >= 11 is 0. The van der Waals surface area contributed by atoms with E-state index in [9.17, 15) is 4.39 Å². The highest BCUT2D eigenvalue weighted by molar-refractivity contribution is 5.20. The fourth-order valence-electron chi connectivity index (χ4n) is 2.80. The highest BCUT2D eigenvalue weighted by atomic mass is 19.1. The summed E-state index contributed by atoms with van der Waals surface area (Å²) in [6, 6.07) is 7.02. The maximum atomic E-state index is 13.7. The molecule has 3 rings (SSSR count). The molecular formula is C15H18FN3. The van der Waals surface area contributed by atoms with Crippen LogP contribution in [0.2, 0.25) is 0 Å². The van der Waals surface area contributed by atoms with Crippen LogP contribution in [0.3, 0.4) is 0 Å². The number of halogens is 1. The Morgan fingerprint density at radius 1 is 1.42 bits per heavy atom. The predicted octanol–water partition coefficient (Wildman–Crippen LogP) is 2.74. The van der Waals surface area contributed by atoms with Crippen molar-refractivity contribution in [2.75, 3.05) is 6.54 Å². The van der Waals surface area contributed by atoms with Crippen LogP contribution < -0.4 is 0 Å². The van der Waals surface area contributed by atoms with Gasteiger partial charge in [0.2, 0.25) is 0 Å². The third kappa shape index (κ3) is 2.68. The number of nitrogens with zero attached hydrogens (tertiary/aromatic N) is 2. The number of fused-ring (bicyclic) bond motifs is 1. The van der Waals surface area contributed by atoms with Gasteiger partial charge in [0, 0.05) is 36.5 Å². The van der Waals surface area contributed by atoms with Gasteiger partial charge in [-0.05, 0) is 18.4 Å². The molecule has 0 radical (unpaired) electrons. The minimum Gasteiger partial charge on any atom is -0.294 e. The molecule has 0 saturated carbocycles. The summed E-state index contributed by atoms with van der Waals surface area (Å²) in [6.07, 6.45) is 2.91. The molecule has 19 heavy (non-hydrogen) atoms. The van der Waals surface area contributed by atoms with Crippen molar-refractivity contribution in [1.29, 1.82) is 0 Å². The first-order chi connectivity index (χ1) is 9.22. The first-order valence-corrected chi connectivity index (χ1v) is 6.69. The van der Waals surface area contributed by atoms with Gasteiger partial charge in [0.15, 0.2) is 0 Å². The molecule has 3 nitrogen and oxygen atoms in total. The van der Waals surface area contributed by atoms with Gasteiger partial charge >= 0.3 is 0 Å². The number of hydrogen-bond acceptors (Lipinski definition) is 2. The van der Waals surface area contributed by atoms with E-state index in [-0.39, 0.29) is 5.82 Å². The first-order valence-electron chi connectivity index (χ1n) is 6.69. The predicted molar refractivity (Wildman–Crippen MR) is 72.0 cm³/mol. The van der Waals surface area contributed by atoms with Crippen LogP contribution in [0.4, 0.5) is 4.39 Å². The third-order valence-electron chi connectivity index (χ3n) is 3.68. The van der Waals surface area contributed by atoms with E-state index in [1.807, 2.05) is 18.3 Å². The Labute approximate surface area is 112 Å². The lowest BCUT2D eigenvalue weighted by atomic mass is 10.1. The molecule has 1 atom stereocenters. The zero-order valence-electron chi connectivity index (χ0n) is 11.1. The standard InChI is InChI=1S/C15H18FN3/c1-11-6-15-13(7-17-18-15)10-19(8-11)9-12-4-2-3-5-14(12)16/h2-5,7,11H,6,8-10H2,1H3,(H,17,18). The van der Waals surface area contributed by atoms with Crippen LogP contribution in [0.15, 0.2) is 30.5 Å². The fraction of sp³-hybridized carbons (Fsp3) is 0.400. The molecule has 0 saturated heterocycles. The lowest BCUT2D eigenvalue weighted by Gasteiger charge is -2.22. The SMILES string of the molecule is CC1Cc2[nH]ncc2CN(Cc2ccccc2F)C1. The fourth-order valence-corrected chi connectivity index (χ4v) is 2.80. The number of aromatic amines is 1. The van der Waals surface area contributed by atoms with Crippen molar-refractivity contribution in [3.05, 3.63) is 53.1 Å². The molecule has 0 spiro atoms. The normalized spacial score (nSPS) is 20.0. The Balaban J connectivity index is 1.80. The zero-order valence-corrected chi connectivity index (χ0v) is 11.1. The van der Waals surface area contributed by atoms with Crippen LogP contribution in [0.5, 0.6) is 0 Å². The average Bonchev–Trinajstić information content (AvgIpc) is 2.73. The largest absolute Gasteiger partial charge is 0.294 e. The Morgan fingerprint density at radius 3 is 3.11 bits per heavy atom. The van der Waals surface area contributed by atoms with Crippen molar-refractivity contribution in [2.45, 2.75) is 26.4 Å². The summed E-state index contributed by atoms with van der Waals surface area (Å²) in [5.41, 5.74) is 3.23. The van der Waals surface area contributed by atoms with Gasteiger partial charge in [-0.3, -0.25) is 10.00 Å². The van der Waals surface area contributed by atoms with Gasteiger partial charge in [-0.2, -0.15) is 5.10 Å². The van der Waals surface area contributed by atoms with Gasteiger partial charge in [0.25, 0.3) is 0 Å². The summed E-state index contributed by atoms with van der Waals surface area (Å²) < 4.78 is 13.7. The second kappa shape index (κ2) is 5.13. The van der Waals surface area contributed by atoms with E-state index in [1.54, 1.807) is 6.07 Å². The highest BCUT2D eigenvalue weighted by Crippen LogP contribution is 2.22. The lowest BCUT2D eigenvalue weighted by molar-refractivity contribution is 0.227. The molecule has 0 amide bonds. The minimum atomic E-state index is -0.119. The molecule has 1 aliphatic rings. The molecule has 2 heterocycles. The molecule has 0 aliphatic carbocycles. The summed E-state index contributed by atoms with van der Waals surface area (Å²) in [5, 5.41) is 7.19. The molecule has 1 aromatic carbocycles. The number of rotatable bonds is 2. The first kappa shape index (κ1) is 12.4. The van der Waals surface area contributed by atoms with E-state index >= 15 is 0 Å². The second-order valence-corrected chi connectivity index (χ2v) is 5.44. The number of benzene rings is 1. The monoisotopic (exact) mass is 259 g/mol. The summed E-state index contributed by atoms with van der Waals surface area (Å²) in [5.74, 6) is 0.431. The molecule has 0 bridgehead atoms. The van der Waals surface area contributed by atoms with Crippen molar-refractivity contribution in [3.63, 3.8) is 0 Å². The number of aromatic nitrogens is 2. The summed E-state index contributed by atoms with van der Waals surface area (Å²) in [4.78, 5) is 2.30. The molecular weight excluding hydrogens is 241 g/mol. The maximum Gasteiger partial charge on any atom is 0.127 e. The molecule has 2 aromatic rings. The quantitative estimate of drug-likeness (QED) is 0.899. The Morgan fingerprint density at radius 2 is 2.26 bits per heavy atom. The Kier molecular flexibility index (Phi) is 3.34. The topological polar surface area (TPSA) is 31.9 Å². The molecule has 1 unspecified atom stereocenters. The van der Waals surface area contributed by atoms with E-state index < -0.39 is 0 Å². The van der Waals surface area contributed by atoms with E-state index in [1.165, 1.54) is 17.3 Å². The van der Waals surface area contributed by atoms with Gasteiger partial charge in [-0.1, -0.05) is 25.1 Å². The lowest BCUT2D eigenvalue weighted by Crippen LogP contribution is -2.26. The van der Waals surface area contributed by atoms with Gasteiger partial charge in [-0.15, -0.1) is 0 Å². The van der Waals surface area contributed by atoms with Crippen LogP contribution >= 0.6 is 0 Å². The van der Waals surface area contributed by atoms with Crippen molar-refractivity contribution in [1.82, 2.24) is 15.1 Å². The van der Waals surface area contributed by atoms with Crippen molar-refractivity contribution in [2.24, 2.45) is 5.92 Å². The van der Waals surface area contributed by atoms with Crippen LogP contribution in [-0.4, -0.2) is 21.6 Å². The van der Waals surface area contributed by atoms with E-state index in [0.717, 1.165) is 25.1 Å². The molecule has 1 N–H and O–H groups in total. The maximum absolute atomic E-state index is 13.7. The second-order valence-electron chi connectivity index (χ2n) is 5.44. The van der Waals surface area contributed by atoms with Crippen molar-refractivity contribution < 1.29 is 4.39 Å². The Hall–Kier alpha value is -1.68. The molecule has 0 fully saturated rings. The molecule has 100 valence electrons. The van der Waals surface area contributed by atoms with Gasteiger partial charge in [0.1, 0.15) is 5.82 Å². The molecule has 1 aromatic heterocycles. The average molecular weight is 259 g/mol. The third-order valence-corrected chi connectivity index (χ3v) is 3.68. The summed E-state index contributed by atoms with van der Waals surface area (Å²) in [6.45, 7) is 4.70. The van der Waals surface area contributed by atoms with E-state index in [0.29, 0.717) is 12.5 Å². The van der Waals surface area contributed by atoms with E-state index in [2.05, 4.69) is 22.0 Å². The van der Waals surface area contributed by atoms with Gasteiger partial charge < -0.3 is 0 Å². The number of nitrogens with one attached hydrogen (secondary N) is 1. The zero-order chi connectivity index (χ0) is 13.2. The van der Waals surface area contributed by atoms with E-state index in [4.69, 9.17) is 0 Å². The minimum absolute atomic E-state index is 0.119. The van der Waals surface area contributed by atoms with Crippen molar-refractivity contribution in [3.8, 4) is 0 Å². The number of H-pyrrole nitrogens is 1. The van der Waals surface area contributed by atoms with Crippen LogP contribution in [0.25, 0.3) is 0 Å². The summed E-state index contributed by atoms with van der Waals surface area (Å²) in [7, 11) is 0. The Bertz CT molecular complexity index is 564. The van der Waals surface area contributed by atoms with Crippen LogP contribution in [-0.2, 0) is 19.5 Å².